The number of imidazole rings is 1. The Labute approximate surface area is 82.4 Å². The molecule has 0 fully saturated rings. The van der Waals surface area contributed by atoms with Gasteiger partial charge in [0.05, 0.1) is 0 Å². The number of fused-ring (bicyclic) bond motifs is 1. The molecule has 0 amide bonds. The lowest BCUT2D eigenvalue weighted by Crippen LogP contribution is -2.02. The summed E-state index contributed by atoms with van der Waals surface area (Å²) in [6.07, 6.45) is 3.86. The number of hydrogen-bond donors (Lipinski definition) is 0. The van der Waals surface area contributed by atoms with E-state index in [9.17, 15) is 0 Å². The van der Waals surface area contributed by atoms with Crippen molar-refractivity contribution in [3.63, 3.8) is 0 Å². The van der Waals surface area contributed by atoms with E-state index in [1.807, 2.05) is 24.5 Å². The minimum absolute atomic E-state index is 0.470. The first-order valence-electron chi connectivity index (χ1n) is 4.65. The maximum atomic E-state index is 8.69. The first-order chi connectivity index (χ1) is 6.70. The van der Waals surface area contributed by atoms with Gasteiger partial charge in [0, 0.05) is 25.0 Å². The highest BCUT2D eigenvalue weighted by molar-refractivity contribution is 5.44. The van der Waals surface area contributed by atoms with E-state index >= 15 is 0 Å². The number of nitriles is 1. The Kier molecular flexibility index (Phi) is 2.01. The second-order valence-corrected chi connectivity index (χ2v) is 3.79. The van der Waals surface area contributed by atoms with E-state index in [1.54, 1.807) is 4.52 Å². The van der Waals surface area contributed by atoms with Crippen molar-refractivity contribution in [3.8, 4) is 6.07 Å². The summed E-state index contributed by atoms with van der Waals surface area (Å²) in [4.78, 5) is 0. The van der Waals surface area contributed by atoms with E-state index in [2.05, 4.69) is 23.5 Å². The average Bonchev–Trinajstić information content (AvgIpc) is 2.66. The average molecular weight is 188 g/mol. The molecule has 0 saturated heterocycles. The Morgan fingerprint density at radius 3 is 2.93 bits per heavy atom. The van der Waals surface area contributed by atoms with Crippen LogP contribution in [0.3, 0.4) is 0 Å². The van der Waals surface area contributed by atoms with Gasteiger partial charge in [-0.25, -0.2) is 4.52 Å². The Balaban J connectivity index is 2.46. The third-order valence-corrected chi connectivity index (χ3v) is 2.07. The summed E-state index contributed by atoms with van der Waals surface area (Å²) in [6.45, 7) is 5.28. The Bertz CT molecular complexity index is 484. The zero-order chi connectivity index (χ0) is 10.1. The summed E-state index contributed by atoms with van der Waals surface area (Å²) in [5.74, 6) is 0.589. The van der Waals surface area contributed by atoms with Crippen LogP contribution in [-0.2, 0) is 6.54 Å². The van der Waals surface area contributed by atoms with Crippen molar-refractivity contribution < 1.29 is 0 Å². The lowest BCUT2D eigenvalue weighted by molar-refractivity contribution is 0.533. The van der Waals surface area contributed by atoms with Crippen molar-refractivity contribution >= 4 is 5.65 Å². The van der Waals surface area contributed by atoms with Gasteiger partial charge in [0.2, 0.25) is 0 Å². The van der Waals surface area contributed by atoms with Crippen LogP contribution < -0.4 is 0 Å². The van der Waals surface area contributed by atoms with E-state index in [4.69, 9.17) is 5.26 Å². The molecule has 4 nitrogen and oxygen atoms in total. The molecule has 2 aromatic rings. The molecule has 2 rings (SSSR count). The van der Waals surface area contributed by atoms with Crippen LogP contribution in [0, 0.1) is 17.2 Å². The van der Waals surface area contributed by atoms with E-state index in [1.165, 1.54) is 0 Å². The van der Waals surface area contributed by atoms with Crippen molar-refractivity contribution in [2.24, 2.45) is 5.92 Å². The van der Waals surface area contributed by atoms with Crippen molar-refractivity contribution in [2.75, 3.05) is 0 Å². The van der Waals surface area contributed by atoms with E-state index in [-0.39, 0.29) is 0 Å². The van der Waals surface area contributed by atoms with Crippen LogP contribution in [0.1, 0.15) is 19.5 Å². The summed E-state index contributed by atoms with van der Waals surface area (Å²) < 4.78 is 3.85. The molecule has 2 heterocycles. The third kappa shape index (κ3) is 1.37. The molecule has 2 aromatic heterocycles. The maximum absolute atomic E-state index is 8.69. The molecule has 72 valence electrons. The highest BCUT2D eigenvalue weighted by Crippen LogP contribution is 2.09. The highest BCUT2D eigenvalue weighted by Gasteiger charge is 2.06. The van der Waals surface area contributed by atoms with Gasteiger partial charge in [-0.05, 0) is 5.92 Å². The SMILES string of the molecule is CC(C)Cn1ccn2nc(C#N)cc12. The number of hydrogen-bond acceptors (Lipinski definition) is 2. The third-order valence-electron chi connectivity index (χ3n) is 2.07. The number of rotatable bonds is 2. The second kappa shape index (κ2) is 3.18. The Morgan fingerprint density at radius 2 is 2.29 bits per heavy atom. The summed E-state index contributed by atoms with van der Waals surface area (Å²) in [5, 5.41) is 12.8. The largest absolute Gasteiger partial charge is 0.331 e. The van der Waals surface area contributed by atoms with Gasteiger partial charge >= 0.3 is 0 Å². The standard InChI is InChI=1S/C10H12N4/c1-8(2)7-13-3-4-14-10(13)5-9(6-11)12-14/h3-5,8H,7H2,1-2H3. The molecular formula is C10H12N4. The van der Waals surface area contributed by atoms with Gasteiger partial charge in [0.25, 0.3) is 0 Å². The highest BCUT2D eigenvalue weighted by atomic mass is 15.3. The van der Waals surface area contributed by atoms with Crippen molar-refractivity contribution in [2.45, 2.75) is 20.4 Å². The molecule has 0 radical (unpaired) electrons. The minimum atomic E-state index is 0.470. The van der Waals surface area contributed by atoms with Gasteiger partial charge in [-0.2, -0.15) is 10.4 Å². The summed E-state index contributed by atoms with van der Waals surface area (Å²) in [5.41, 5.74) is 1.45. The molecule has 14 heavy (non-hydrogen) atoms. The van der Waals surface area contributed by atoms with Gasteiger partial charge in [-0.3, -0.25) is 0 Å². The molecule has 0 saturated carbocycles. The zero-order valence-electron chi connectivity index (χ0n) is 8.31. The van der Waals surface area contributed by atoms with Crippen LogP contribution >= 0.6 is 0 Å². The second-order valence-electron chi connectivity index (χ2n) is 3.79. The first-order valence-corrected chi connectivity index (χ1v) is 4.65. The zero-order valence-corrected chi connectivity index (χ0v) is 8.31. The smallest absolute Gasteiger partial charge is 0.165 e. The molecule has 0 aliphatic rings. The molecule has 0 unspecified atom stereocenters. The van der Waals surface area contributed by atoms with Gasteiger partial charge in [-0.1, -0.05) is 13.8 Å². The molecule has 0 aromatic carbocycles. The van der Waals surface area contributed by atoms with Crippen molar-refractivity contribution in [1.82, 2.24) is 14.2 Å². The van der Waals surface area contributed by atoms with Crippen LogP contribution in [0.5, 0.6) is 0 Å². The van der Waals surface area contributed by atoms with Gasteiger partial charge in [0.1, 0.15) is 11.7 Å². The van der Waals surface area contributed by atoms with Crippen molar-refractivity contribution in [3.05, 3.63) is 24.2 Å². The van der Waals surface area contributed by atoms with Gasteiger partial charge < -0.3 is 4.57 Å². The van der Waals surface area contributed by atoms with Gasteiger partial charge in [-0.15, -0.1) is 0 Å². The molecule has 0 aliphatic heterocycles. The number of aromatic nitrogens is 3. The fraction of sp³-hybridized carbons (Fsp3) is 0.400. The van der Waals surface area contributed by atoms with Crippen LogP contribution in [-0.4, -0.2) is 14.2 Å². The molecule has 0 bridgehead atoms. The molecule has 4 heteroatoms. The first kappa shape index (κ1) is 8.82. The molecule has 0 aliphatic carbocycles. The van der Waals surface area contributed by atoms with Crippen molar-refractivity contribution in [1.29, 1.82) is 5.26 Å². The summed E-state index contributed by atoms with van der Waals surface area (Å²) in [7, 11) is 0. The van der Waals surface area contributed by atoms with Gasteiger partial charge in [0.15, 0.2) is 5.69 Å². The fourth-order valence-electron chi connectivity index (χ4n) is 1.53. The Morgan fingerprint density at radius 1 is 1.50 bits per heavy atom. The lowest BCUT2D eigenvalue weighted by atomic mass is 10.2. The molecular weight excluding hydrogens is 176 g/mol. The molecule has 0 atom stereocenters. The summed E-state index contributed by atoms with van der Waals surface area (Å²) >= 11 is 0. The quantitative estimate of drug-likeness (QED) is 0.719. The molecule has 0 spiro atoms. The van der Waals surface area contributed by atoms with Crippen LogP contribution in [0.4, 0.5) is 0 Å². The Hall–Kier alpha value is -1.76. The maximum Gasteiger partial charge on any atom is 0.165 e. The lowest BCUT2D eigenvalue weighted by Gasteiger charge is -2.05. The fourth-order valence-corrected chi connectivity index (χ4v) is 1.53. The predicted molar refractivity (Wildman–Crippen MR) is 52.7 cm³/mol. The monoisotopic (exact) mass is 188 g/mol. The summed E-state index contributed by atoms with van der Waals surface area (Å²) in [6, 6.07) is 3.85. The van der Waals surface area contributed by atoms with E-state index < -0.39 is 0 Å². The predicted octanol–water partition coefficient (Wildman–Crippen LogP) is 1.66. The van der Waals surface area contributed by atoms with E-state index in [0.29, 0.717) is 11.6 Å². The van der Waals surface area contributed by atoms with Crippen LogP contribution in [0.2, 0.25) is 0 Å². The minimum Gasteiger partial charge on any atom is -0.331 e. The molecule has 0 N–H and O–H groups in total. The van der Waals surface area contributed by atoms with E-state index in [0.717, 1.165) is 12.2 Å². The number of nitrogens with zero attached hydrogens (tertiary/aromatic N) is 4. The normalized spacial score (nSPS) is 11.0. The van der Waals surface area contributed by atoms with Crippen LogP contribution in [0.15, 0.2) is 18.5 Å². The topological polar surface area (TPSA) is 46.0 Å². The van der Waals surface area contributed by atoms with Crippen LogP contribution in [0.25, 0.3) is 5.65 Å².